The number of phenolic OH excluding ortho intramolecular Hbond substituents is 1. The van der Waals surface area contributed by atoms with E-state index in [1.165, 1.54) is 76.3 Å². The number of aliphatic hydroxyl groups excluding tert-OH is 2. The Bertz CT molecular complexity index is 5010. The number of nitrogens with zero attached hydrogens (tertiary/aromatic N) is 5. The standard InChI is InChI=1S/C48H69N13O11S.C43H78N14O15S/c1-27(2)24-37(45(68)57-41(28(3)4)47(70)56-38(26-40(63)64)43(66)51-6)55-42(65)29(5)53-44(67)36(10-9-23-52-48(49)50)54-46(69)39(25-30-11-19-34(62)20-12-30)60-73(71,72)35-21-15-32(16-22-35)59-58-31-13-17-33(18-14-31)61(7)8;1-22(2)16-28(56-35(64)23(3)24(4)59)40(69)55-27(11-5-7-13-44)39(68)54-26(37(66)51-19-33(61)53-31(21-73)42(71)72)12-6-8-14-48-38(67)30(20-58)57-41(70)29(17-34(62)63)52-32(60)18-50-36(65)25(45)10-9-15-49-43(46)47/h11-22,27-29,36-39,41,60,62H,9-10,23-26H2,1-8H3,(H,51,66)(H,53,67)(H,54,69)(H,55,65)(H,56,70)(H,57,68)(H,63,64)(H4,49,50,52);22-31,58-59,73H,5-21,44-45H2,1-4H3,(H,48,67)(H,50,65)(H,51,66)(H,52,60)(H,53,61)(H,54,68)(H,55,69)(H,56,64)(H,57,70)(H,62,63)(H,71,72)(H4,46,47,49)/t29-,36-,37-,38-,39-,41-;23-,24?,25-,26-,27-,28-,29-,30-,31-/m00/s1. The highest BCUT2D eigenvalue weighted by molar-refractivity contribution is 7.89. The largest absolute Gasteiger partial charge is 0.508 e. The molecule has 55 heteroatoms. The van der Waals surface area contributed by atoms with E-state index in [0.29, 0.717) is 36.2 Å². The van der Waals surface area contributed by atoms with E-state index in [9.17, 15) is 125 Å². The number of carboxylic acid groups (broad SMARTS) is 3. The van der Waals surface area contributed by atoms with Gasteiger partial charge in [0, 0.05) is 52.2 Å². The molecule has 15 atom stereocenters. The van der Waals surface area contributed by atoms with E-state index in [-0.39, 0.29) is 131 Å². The molecule has 0 aliphatic carbocycles. The lowest BCUT2D eigenvalue weighted by Crippen LogP contribution is -2.60. The number of amides is 15. The number of rotatable bonds is 66. The number of carboxylic acids is 3. The normalized spacial score (nSPS) is 14.3. The average molecular weight is 2100 g/mol. The molecule has 0 aliphatic rings. The highest BCUT2D eigenvalue weighted by Crippen LogP contribution is 2.25. The number of likely N-dealkylation sites (N-methyl/N-ethyl adjacent to an activating group) is 1. The summed E-state index contributed by atoms with van der Waals surface area (Å²) in [4.78, 5) is 243. The number of guanidine groups is 2. The summed E-state index contributed by atoms with van der Waals surface area (Å²) in [5.74, 6) is -19.4. The summed E-state index contributed by atoms with van der Waals surface area (Å²) >= 11 is 3.89. The zero-order valence-corrected chi connectivity index (χ0v) is 85.7. The molecule has 0 spiro atoms. The van der Waals surface area contributed by atoms with Crippen molar-refractivity contribution in [1.82, 2.24) is 84.5 Å². The highest BCUT2D eigenvalue weighted by atomic mass is 32.2. The number of unbranched alkanes of at least 4 members (excludes halogenated alkanes) is 2. The summed E-state index contributed by atoms with van der Waals surface area (Å²) in [6.07, 6.45) is -1.25. The molecule has 15 amide bonds. The lowest BCUT2D eigenvalue weighted by molar-refractivity contribution is -0.141. The summed E-state index contributed by atoms with van der Waals surface area (Å²) < 4.78 is 30.2. The quantitative estimate of drug-likeness (QED) is 0.00825. The third-order valence-electron chi connectivity index (χ3n) is 21.7. The first kappa shape index (κ1) is 128. The molecule has 146 heavy (non-hydrogen) atoms. The Morgan fingerprint density at radius 3 is 1.33 bits per heavy atom. The van der Waals surface area contributed by atoms with Gasteiger partial charge in [-0.05, 0) is 188 Å². The van der Waals surface area contributed by atoms with Crippen LogP contribution in [0.3, 0.4) is 0 Å². The van der Waals surface area contributed by atoms with Crippen LogP contribution in [-0.2, 0) is 103 Å². The second-order valence-corrected chi connectivity index (χ2v) is 37.7. The number of aliphatic hydroxyl groups is 2. The van der Waals surface area contributed by atoms with Gasteiger partial charge in [0.1, 0.15) is 78.3 Å². The number of nitrogens with one attached hydrogen (secondary N) is 16. The third-order valence-corrected chi connectivity index (χ3v) is 23.5. The number of hydrogen-bond donors (Lipinski definition) is 29. The van der Waals surface area contributed by atoms with Crippen LogP contribution in [0.2, 0.25) is 0 Å². The number of aliphatic carboxylic acids is 3. The molecule has 0 radical (unpaired) electrons. The van der Waals surface area contributed by atoms with E-state index in [1.807, 2.05) is 45.0 Å². The fourth-order valence-corrected chi connectivity index (χ4v) is 14.8. The molecule has 0 heterocycles. The van der Waals surface area contributed by atoms with Crippen LogP contribution in [0.25, 0.3) is 0 Å². The maximum absolute atomic E-state index is 14.2. The van der Waals surface area contributed by atoms with Gasteiger partial charge in [0.2, 0.25) is 98.6 Å². The smallest absolute Gasteiger partial charge is 0.327 e. The van der Waals surface area contributed by atoms with Crippen LogP contribution in [0.5, 0.6) is 5.75 Å². The van der Waals surface area contributed by atoms with E-state index in [0.717, 1.165) is 5.69 Å². The van der Waals surface area contributed by atoms with Crippen molar-refractivity contribution in [3.8, 4) is 5.75 Å². The first-order chi connectivity index (χ1) is 68.6. The summed E-state index contributed by atoms with van der Waals surface area (Å²) in [5, 5.41) is 103. The number of benzene rings is 3. The molecule has 0 fully saturated rings. The van der Waals surface area contributed by atoms with E-state index in [1.54, 1.807) is 39.8 Å². The predicted octanol–water partition coefficient (Wildman–Crippen LogP) is -5.35. The van der Waals surface area contributed by atoms with Crippen molar-refractivity contribution < 1.29 is 125 Å². The van der Waals surface area contributed by atoms with Crippen molar-refractivity contribution >= 4 is 158 Å². The molecule has 53 nitrogen and oxygen atoms in total. The fourth-order valence-electron chi connectivity index (χ4n) is 13.3. The fraction of sp³-hybridized carbons (Fsp3) is 0.582. The molecular weight excluding hydrogens is 1950 g/mol. The number of carbonyl (C=O) groups excluding carboxylic acids is 15. The van der Waals surface area contributed by atoms with Gasteiger partial charge in [-0.2, -0.15) is 27.6 Å². The van der Waals surface area contributed by atoms with Crippen LogP contribution in [0, 0.1) is 23.7 Å². The summed E-state index contributed by atoms with van der Waals surface area (Å²) in [6.45, 7) is 12.6. The molecule has 3 aromatic rings. The molecule has 34 N–H and O–H groups in total. The van der Waals surface area contributed by atoms with E-state index in [4.69, 9.17) is 34.4 Å². The molecule has 814 valence electrons. The van der Waals surface area contributed by atoms with Crippen LogP contribution in [-0.4, -0.2) is 315 Å². The number of anilines is 1. The number of thiol groups is 1. The number of carbonyl (C=O) groups is 18. The Morgan fingerprint density at radius 2 is 0.863 bits per heavy atom. The van der Waals surface area contributed by atoms with E-state index < -0.39 is 246 Å². The van der Waals surface area contributed by atoms with Crippen molar-refractivity contribution in [2.45, 2.75) is 248 Å². The minimum atomic E-state index is -4.43. The van der Waals surface area contributed by atoms with Crippen LogP contribution in [0.1, 0.15) is 158 Å². The molecule has 3 aromatic carbocycles. The van der Waals surface area contributed by atoms with Crippen LogP contribution in [0.15, 0.2) is 97.9 Å². The van der Waals surface area contributed by atoms with Gasteiger partial charge in [-0.1, -0.05) is 60.6 Å². The lowest BCUT2D eigenvalue weighted by Gasteiger charge is -2.28. The summed E-state index contributed by atoms with van der Waals surface area (Å²) in [6, 6.07) is 0.654. The summed E-state index contributed by atoms with van der Waals surface area (Å²) in [5.41, 5.74) is 35.3. The van der Waals surface area contributed by atoms with Gasteiger partial charge in [-0.15, -0.1) is 0 Å². The Balaban J connectivity index is 0.000000987. The monoisotopic (exact) mass is 2100 g/mol. The number of aliphatic imine (C=N–C) groups is 2. The second-order valence-electron chi connectivity index (χ2n) is 35.6. The second kappa shape index (κ2) is 66.8. The highest BCUT2D eigenvalue weighted by Gasteiger charge is 2.38. The number of aromatic hydroxyl groups is 1. The zero-order valence-electron chi connectivity index (χ0n) is 84.0. The summed E-state index contributed by atoms with van der Waals surface area (Å²) in [7, 11) is 0.649. The maximum atomic E-state index is 14.2. The van der Waals surface area contributed by atoms with Crippen molar-refractivity contribution in [3.63, 3.8) is 0 Å². The minimum Gasteiger partial charge on any atom is -0.508 e. The minimum absolute atomic E-state index is 0.0350. The number of hydrogen-bond acceptors (Lipinski definition) is 31. The first-order valence-electron chi connectivity index (χ1n) is 47.2. The van der Waals surface area contributed by atoms with Gasteiger partial charge in [0.15, 0.2) is 11.9 Å². The number of nitrogens with two attached hydrogens (primary N) is 6. The Labute approximate surface area is 852 Å². The van der Waals surface area contributed by atoms with Gasteiger partial charge < -0.3 is 150 Å². The molecular formula is C91H147N27O26S2. The van der Waals surface area contributed by atoms with Gasteiger partial charge in [0.25, 0.3) is 0 Å². The van der Waals surface area contributed by atoms with Crippen LogP contribution in [0.4, 0.5) is 17.1 Å². The Morgan fingerprint density at radius 1 is 0.445 bits per heavy atom. The van der Waals surface area contributed by atoms with Gasteiger partial charge in [-0.3, -0.25) is 91.5 Å². The molecule has 0 bridgehead atoms. The zero-order chi connectivity index (χ0) is 110. The van der Waals surface area contributed by atoms with Gasteiger partial charge in [-0.25, -0.2) is 13.2 Å². The lowest BCUT2D eigenvalue weighted by atomic mass is 9.99. The third kappa shape index (κ3) is 50.5. The van der Waals surface area contributed by atoms with Crippen molar-refractivity contribution in [3.05, 3.63) is 78.4 Å². The topological polar surface area (TPSA) is 864 Å². The molecule has 1 unspecified atom stereocenters. The first-order valence-corrected chi connectivity index (χ1v) is 49.3. The van der Waals surface area contributed by atoms with Gasteiger partial charge >= 0.3 is 17.9 Å². The predicted molar refractivity (Wildman–Crippen MR) is 540 cm³/mol. The molecule has 0 saturated heterocycles. The molecule has 0 saturated carbocycles. The van der Waals surface area contributed by atoms with E-state index >= 15 is 0 Å². The molecule has 0 aliphatic heterocycles. The SMILES string of the molecule is CC(C)C[C@H](NC(=O)[C@@H](C)C(C)O)C(=O)N[C@@H](CCCCN)C(=O)N[C@@H](CCCCNC(=O)[C@H](CO)NC(=O)[C@H](CC(=O)O)NC(=O)CNC(=O)[C@@H](N)CCCN=C(N)N)C(=O)NCC(=O)N[C@@H](CS)C(=O)O.CNC(=O)[C@H](CC(=O)O)NC(=O)[C@@H](NC(=O)[C@H](CC(C)C)NC(=O)[C@H](C)NC(=O)[C@H](CCCN=C(N)N)NC(=O)[C@H](Cc1ccc(O)cc1)NS(=O)(=O)c1ccc(N=Nc2ccc(N(C)C)cc2)cc1)C(C)C. The molecule has 3 rings (SSSR count). The van der Waals surface area contributed by atoms with Gasteiger partial charge in [0.05, 0.1) is 66.9 Å². The van der Waals surface area contributed by atoms with Crippen molar-refractivity contribution in [2.24, 2.45) is 78.3 Å². The molecule has 0 aromatic heterocycles. The van der Waals surface area contributed by atoms with Crippen LogP contribution >= 0.6 is 12.6 Å². The average Bonchev–Trinajstić information content (AvgIpc) is 0.811. The van der Waals surface area contributed by atoms with Crippen molar-refractivity contribution in [1.29, 1.82) is 0 Å². The van der Waals surface area contributed by atoms with Crippen LogP contribution < -0.4 is 124 Å². The number of sulfonamides is 1. The Hall–Kier alpha value is -14.0. The maximum Gasteiger partial charge on any atom is 0.327 e. The number of azo groups is 1. The van der Waals surface area contributed by atoms with E-state index in [2.05, 4.69) is 117 Å². The number of phenols is 1. The Kier molecular flexibility index (Phi) is 58.6. The van der Waals surface area contributed by atoms with Crippen molar-refractivity contribution in [2.75, 3.05) is 77.7 Å².